The molecule has 13 heavy (non-hydrogen) atoms. The first-order valence-electron chi connectivity index (χ1n) is 4.61. The largest absolute Gasteiger partial charge is 0.465 e. The summed E-state index contributed by atoms with van der Waals surface area (Å²) in [6, 6.07) is 2.04. The van der Waals surface area contributed by atoms with Crippen LogP contribution in [0.3, 0.4) is 0 Å². The standard InChI is InChI=1S/C10H17NO2/c1-5-8(3)10(4,7-11)9(12)13-6-2/h8H,5-6H2,1-4H3. The Hall–Kier alpha value is -1.04. The molecule has 0 aromatic heterocycles. The van der Waals surface area contributed by atoms with Gasteiger partial charge >= 0.3 is 5.97 Å². The van der Waals surface area contributed by atoms with Crippen molar-refractivity contribution in [3.8, 4) is 6.07 Å². The van der Waals surface area contributed by atoms with E-state index in [0.717, 1.165) is 6.42 Å². The van der Waals surface area contributed by atoms with E-state index >= 15 is 0 Å². The van der Waals surface area contributed by atoms with E-state index in [4.69, 9.17) is 10.00 Å². The molecule has 0 aliphatic rings. The molecule has 0 radical (unpaired) electrons. The second-order valence-electron chi connectivity index (χ2n) is 3.34. The highest BCUT2D eigenvalue weighted by atomic mass is 16.5. The van der Waals surface area contributed by atoms with Crippen LogP contribution in [0.1, 0.15) is 34.1 Å². The van der Waals surface area contributed by atoms with Gasteiger partial charge in [-0.3, -0.25) is 4.79 Å². The summed E-state index contributed by atoms with van der Waals surface area (Å²) < 4.78 is 4.86. The predicted octanol–water partition coefficient (Wildman–Crippen LogP) is 2.13. The summed E-state index contributed by atoms with van der Waals surface area (Å²) in [5, 5.41) is 8.93. The van der Waals surface area contributed by atoms with Gasteiger partial charge in [-0.15, -0.1) is 0 Å². The van der Waals surface area contributed by atoms with Gasteiger partial charge in [-0.2, -0.15) is 5.26 Å². The summed E-state index contributed by atoms with van der Waals surface area (Å²) in [7, 11) is 0. The smallest absolute Gasteiger partial charge is 0.326 e. The molecule has 0 N–H and O–H groups in total. The normalized spacial score (nSPS) is 16.8. The first kappa shape index (κ1) is 12.0. The van der Waals surface area contributed by atoms with Crippen LogP contribution in [0.25, 0.3) is 0 Å². The minimum absolute atomic E-state index is 0.0246. The molecule has 0 aliphatic heterocycles. The van der Waals surface area contributed by atoms with E-state index in [1.54, 1.807) is 13.8 Å². The molecule has 0 aromatic rings. The van der Waals surface area contributed by atoms with Crippen molar-refractivity contribution < 1.29 is 9.53 Å². The average molecular weight is 183 g/mol. The van der Waals surface area contributed by atoms with E-state index in [1.165, 1.54) is 0 Å². The molecule has 0 amide bonds. The molecular weight excluding hydrogens is 166 g/mol. The fourth-order valence-corrected chi connectivity index (χ4v) is 1.05. The Balaban J connectivity index is 4.64. The maximum atomic E-state index is 11.5. The molecule has 0 bridgehead atoms. The van der Waals surface area contributed by atoms with Gasteiger partial charge in [0.2, 0.25) is 0 Å². The van der Waals surface area contributed by atoms with Crippen molar-refractivity contribution in [3.63, 3.8) is 0 Å². The van der Waals surface area contributed by atoms with Crippen molar-refractivity contribution in [1.82, 2.24) is 0 Å². The van der Waals surface area contributed by atoms with Crippen LogP contribution in [-0.4, -0.2) is 12.6 Å². The van der Waals surface area contributed by atoms with E-state index in [-0.39, 0.29) is 5.92 Å². The fraction of sp³-hybridized carbons (Fsp3) is 0.800. The van der Waals surface area contributed by atoms with Gasteiger partial charge in [0.15, 0.2) is 5.41 Å². The van der Waals surface area contributed by atoms with Crippen molar-refractivity contribution in [2.24, 2.45) is 11.3 Å². The van der Waals surface area contributed by atoms with Crippen LogP contribution in [0.15, 0.2) is 0 Å². The maximum absolute atomic E-state index is 11.5. The number of ether oxygens (including phenoxy) is 1. The molecular formula is C10H17NO2. The second-order valence-corrected chi connectivity index (χ2v) is 3.34. The fourth-order valence-electron chi connectivity index (χ4n) is 1.05. The van der Waals surface area contributed by atoms with Gasteiger partial charge < -0.3 is 4.74 Å². The predicted molar refractivity (Wildman–Crippen MR) is 49.8 cm³/mol. The molecule has 0 aromatic carbocycles. The van der Waals surface area contributed by atoms with Crippen LogP contribution in [0.5, 0.6) is 0 Å². The SMILES string of the molecule is CCOC(=O)C(C)(C#N)C(C)CC. The number of rotatable bonds is 4. The van der Waals surface area contributed by atoms with Crippen molar-refractivity contribution in [2.75, 3.05) is 6.61 Å². The molecule has 74 valence electrons. The summed E-state index contributed by atoms with van der Waals surface area (Å²) >= 11 is 0. The second kappa shape index (κ2) is 4.86. The Morgan fingerprint density at radius 2 is 2.15 bits per heavy atom. The third-order valence-corrected chi connectivity index (χ3v) is 2.53. The van der Waals surface area contributed by atoms with Crippen molar-refractivity contribution in [3.05, 3.63) is 0 Å². The van der Waals surface area contributed by atoms with Crippen molar-refractivity contribution in [1.29, 1.82) is 5.26 Å². The number of nitriles is 1. The monoisotopic (exact) mass is 183 g/mol. The maximum Gasteiger partial charge on any atom is 0.326 e. The Morgan fingerprint density at radius 1 is 1.62 bits per heavy atom. The summed E-state index contributed by atoms with van der Waals surface area (Å²) in [5.41, 5.74) is -0.995. The van der Waals surface area contributed by atoms with E-state index in [0.29, 0.717) is 6.61 Å². The van der Waals surface area contributed by atoms with Gasteiger partial charge in [-0.25, -0.2) is 0 Å². The lowest BCUT2D eigenvalue weighted by Gasteiger charge is -2.25. The zero-order chi connectivity index (χ0) is 10.5. The Labute approximate surface area is 79.7 Å². The van der Waals surface area contributed by atoms with Crippen molar-refractivity contribution in [2.45, 2.75) is 34.1 Å². The Kier molecular flexibility index (Phi) is 4.47. The van der Waals surface area contributed by atoms with Crippen LogP contribution in [0, 0.1) is 22.7 Å². The number of esters is 1. The Bertz CT molecular complexity index is 219. The number of nitrogens with zero attached hydrogens (tertiary/aromatic N) is 1. The van der Waals surface area contributed by atoms with Gasteiger partial charge in [-0.1, -0.05) is 20.3 Å². The lowest BCUT2D eigenvalue weighted by Crippen LogP contribution is -2.34. The number of carbonyl (C=O) groups is 1. The zero-order valence-electron chi connectivity index (χ0n) is 8.76. The molecule has 0 saturated carbocycles. The van der Waals surface area contributed by atoms with Crippen LogP contribution in [0.2, 0.25) is 0 Å². The van der Waals surface area contributed by atoms with Crippen molar-refractivity contribution >= 4 is 5.97 Å². The summed E-state index contributed by atoms with van der Waals surface area (Å²) in [4.78, 5) is 11.5. The summed E-state index contributed by atoms with van der Waals surface area (Å²) in [5.74, 6) is -0.386. The lowest BCUT2D eigenvalue weighted by atomic mass is 9.78. The van der Waals surface area contributed by atoms with E-state index in [2.05, 4.69) is 0 Å². The summed E-state index contributed by atoms with van der Waals surface area (Å²) in [6.45, 7) is 7.55. The molecule has 3 nitrogen and oxygen atoms in total. The highest BCUT2D eigenvalue weighted by Gasteiger charge is 2.39. The average Bonchev–Trinajstić information content (AvgIpc) is 2.15. The first-order chi connectivity index (χ1) is 6.02. The van der Waals surface area contributed by atoms with Gasteiger partial charge in [-0.05, 0) is 19.8 Å². The third-order valence-electron chi connectivity index (χ3n) is 2.53. The molecule has 2 atom stereocenters. The molecule has 3 heteroatoms. The minimum atomic E-state index is -0.995. The molecule has 0 saturated heterocycles. The van der Waals surface area contributed by atoms with Gasteiger partial charge in [0.25, 0.3) is 0 Å². The molecule has 2 unspecified atom stereocenters. The zero-order valence-corrected chi connectivity index (χ0v) is 8.76. The molecule has 0 aliphatic carbocycles. The van der Waals surface area contributed by atoms with Gasteiger partial charge in [0.05, 0.1) is 12.7 Å². The van der Waals surface area contributed by atoms with E-state index < -0.39 is 11.4 Å². The highest BCUT2D eigenvalue weighted by Crippen LogP contribution is 2.30. The lowest BCUT2D eigenvalue weighted by molar-refractivity contribution is -0.153. The third kappa shape index (κ3) is 2.45. The molecule has 0 fully saturated rings. The van der Waals surface area contributed by atoms with Gasteiger partial charge in [0.1, 0.15) is 0 Å². The minimum Gasteiger partial charge on any atom is -0.465 e. The van der Waals surface area contributed by atoms with E-state index in [9.17, 15) is 4.79 Å². The van der Waals surface area contributed by atoms with Crippen LogP contribution >= 0.6 is 0 Å². The van der Waals surface area contributed by atoms with E-state index in [1.807, 2.05) is 19.9 Å². The van der Waals surface area contributed by atoms with Crippen LogP contribution < -0.4 is 0 Å². The number of hydrogen-bond donors (Lipinski definition) is 0. The topological polar surface area (TPSA) is 50.1 Å². The quantitative estimate of drug-likeness (QED) is 0.627. The van der Waals surface area contributed by atoms with Crippen LogP contribution in [-0.2, 0) is 9.53 Å². The first-order valence-corrected chi connectivity index (χ1v) is 4.61. The molecule has 0 heterocycles. The van der Waals surface area contributed by atoms with Gasteiger partial charge in [0, 0.05) is 0 Å². The van der Waals surface area contributed by atoms with Crippen LogP contribution in [0.4, 0.5) is 0 Å². The molecule has 0 rings (SSSR count). The molecule has 0 spiro atoms. The number of carbonyl (C=O) groups excluding carboxylic acids is 1. The number of hydrogen-bond acceptors (Lipinski definition) is 3. The summed E-state index contributed by atoms with van der Waals surface area (Å²) in [6.07, 6.45) is 0.795. The Morgan fingerprint density at radius 3 is 2.46 bits per heavy atom. The highest BCUT2D eigenvalue weighted by molar-refractivity contribution is 5.79.